The van der Waals surface area contributed by atoms with Crippen molar-refractivity contribution < 1.29 is 19.0 Å². The molecule has 1 amide bonds. The van der Waals surface area contributed by atoms with Crippen LogP contribution in [0.2, 0.25) is 0 Å². The highest BCUT2D eigenvalue weighted by atomic mass is 32.1. The van der Waals surface area contributed by atoms with Gasteiger partial charge in [0, 0.05) is 30.8 Å². The fourth-order valence-electron chi connectivity index (χ4n) is 3.26. The van der Waals surface area contributed by atoms with Crippen LogP contribution in [0, 0.1) is 0 Å². The molecule has 2 heterocycles. The summed E-state index contributed by atoms with van der Waals surface area (Å²) in [6.07, 6.45) is 0.0830. The Bertz CT molecular complexity index is 1020. The van der Waals surface area contributed by atoms with E-state index in [9.17, 15) is 4.79 Å². The molecule has 1 aromatic heterocycles. The minimum atomic E-state index is -0.0886. The van der Waals surface area contributed by atoms with Crippen molar-refractivity contribution in [3.8, 4) is 17.2 Å². The molecule has 3 aromatic rings. The number of carbonyl (C=O) groups is 1. The standard InChI is InChI=1S/C23H27N3O4S/c1-15(2)30-17-7-5-16(6-8-17)22(27)26(10-9-25(3)4)23-24-18-13-19-20(14-21(18)31-23)29-12-11-28-19/h5-8,13-15H,9-12H2,1-4H3. The van der Waals surface area contributed by atoms with Crippen molar-refractivity contribution in [3.05, 3.63) is 42.0 Å². The zero-order chi connectivity index (χ0) is 22.0. The maximum atomic E-state index is 13.4. The summed E-state index contributed by atoms with van der Waals surface area (Å²) in [6.45, 7) is 6.27. The molecule has 0 saturated carbocycles. The van der Waals surface area contributed by atoms with Crippen LogP contribution in [0.25, 0.3) is 10.2 Å². The number of rotatable bonds is 7. The average molecular weight is 442 g/mol. The minimum Gasteiger partial charge on any atom is -0.491 e. The van der Waals surface area contributed by atoms with Crippen LogP contribution in [0.3, 0.4) is 0 Å². The van der Waals surface area contributed by atoms with Gasteiger partial charge < -0.3 is 19.1 Å². The SMILES string of the molecule is CC(C)Oc1ccc(C(=O)N(CCN(C)C)c2nc3cc4c(cc3s2)OCCO4)cc1. The van der Waals surface area contributed by atoms with Gasteiger partial charge in [0.1, 0.15) is 19.0 Å². The van der Waals surface area contributed by atoms with Gasteiger partial charge in [0.15, 0.2) is 16.6 Å². The van der Waals surface area contributed by atoms with Gasteiger partial charge in [-0.1, -0.05) is 11.3 Å². The molecule has 0 saturated heterocycles. The summed E-state index contributed by atoms with van der Waals surface area (Å²) in [7, 11) is 3.98. The molecule has 0 unspecified atom stereocenters. The third-order valence-corrected chi connectivity index (χ3v) is 5.80. The number of fused-ring (bicyclic) bond motifs is 2. The number of ether oxygens (including phenoxy) is 3. The number of likely N-dealkylation sites (N-methyl/N-ethyl adjacent to an activating group) is 1. The predicted octanol–water partition coefficient (Wildman–Crippen LogP) is 4.06. The lowest BCUT2D eigenvalue weighted by Gasteiger charge is -2.22. The Kier molecular flexibility index (Phi) is 6.29. The summed E-state index contributed by atoms with van der Waals surface area (Å²) >= 11 is 1.48. The second kappa shape index (κ2) is 9.11. The molecule has 4 rings (SSSR count). The zero-order valence-corrected chi connectivity index (χ0v) is 19.1. The van der Waals surface area contributed by atoms with E-state index >= 15 is 0 Å². The first kappa shape index (κ1) is 21.4. The number of aromatic nitrogens is 1. The van der Waals surface area contributed by atoms with Crippen LogP contribution >= 0.6 is 11.3 Å². The molecule has 0 aliphatic carbocycles. The Balaban J connectivity index is 1.64. The Labute approximate surface area is 186 Å². The lowest BCUT2D eigenvalue weighted by atomic mass is 10.2. The minimum absolute atomic E-state index is 0.0830. The van der Waals surface area contributed by atoms with Crippen LogP contribution in [0.1, 0.15) is 24.2 Å². The molecule has 0 atom stereocenters. The van der Waals surface area contributed by atoms with Crippen LogP contribution in [0.15, 0.2) is 36.4 Å². The van der Waals surface area contributed by atoms with E-state index in [1.165, 1.54) is 11.3 Å². The van der Waals surface area contributed by atoms with Crippen LogP contribution < -0.4 is 19.1 Å². The highest BCUT2D eigenvalue weighted by Gasteiger charge is 2.23. The molecule has 8 heteroatoms. The molecule has 7 nitrogen and oxygen atoms in total. The Morgan fingerprint density at radius 1 is 1.10 bits per heavy atom. The number of carbonyl (C=O) groups excluding carboxylic acids is 1. The summed E-state index contributed by atoms with van der Waals surface area (Å²) in [5, 5.41) is 0.659. The Morgan fingerprint density at radius 3 is 2.42 bits per heavy atom. The van der Waals surface area contributed by atoms with Gasteiger partial charge in [-0.05, 0) is 52.2 Å². The Hall–Kier alpha value is -2.84. The van der Waals surface area contributed by atoms with Gasteiger partial charge in [-0.25, -0.2) is 4.98 Å². The number of hydrogen-bond donors (Lipinski definition) is 0. The quantitative estimate of drug-likeness (QED) is 0.551. The van der Waals surface area contributed by atoms with Crippen molar-refractivity contribution >= 4 is 32.6 Å². The average Bonchev–Trinajstić information content (AvgIpc) is 3.14. The molecule has 0 spiro atoms. The molecular formula is C23H27N3O4S. The van der Waals surface area contributed by atoms with Gasteiger partial charge in [-0.3, -0.25) is 9.69 Å². The van der Waals surface area contributed by atoms with Gasteiger partial charge in [0.05, 0.1) is 16.3 Å². The third kappa shape index (κ3) is 4.91. The number of benzene rings is 2. The lowest BCUT2D eigenvalue weighted by molar-refractivity contribution is 0.0985. The third-order valence-electron chi connectivity index (χ3n) is 4.76. The second-order valence-corrected chi connectivity index (χ2v) is 8.92. The van der Waals surface area contributed by atoms with Crippen molar-refractivity contribution in [2.75, 3.05) is 45.3 Å². The maximum absolute atomic E-state index is 13.4. The Morgan fingerprint density at radius 2 is 1.77 bits per heavy atom. The first-order valence-corrected chi connectivity index (χ1v) is 11.2. The molecule has 31 heavy (non-hydrogen) atoms. The monoisotopic (exact) mass is 441 g/mol. The smallest absolute Gasteiger partial charge is 0.260 e. The summed E-state index contributed by atoms with van der Waals surface area (Å²) in [6, 6.07) is 11.1. The largest absolute Gasteiger partial charge is 0.491 e. The fraction of sp³-hybridized carbons (Fsp3) is 0.391. The van der Waals surface area contributed by atoms with E-state index < -0.39 is 0 Å². The highest BCUT2D eigenvalue weighted by Crippen LogP contribution is 2.39. The summed E-state index contributed by atoms with van der Waals surface area (Å²) in [5.74, 6) is 2.08. The number of nitrogens with zero attached hydrogens (tertiary/aromatic N) is 3. The summed E-state index contributed by atoms with van der Waals surface area (Å²) in [4.78, 5) is 21.9. The van der Waals surface area contributed by atoms with E-state index in [1.54, 1.807) is 17.0 Å². The maximum Gasteiger partial charge on any atom is 0.260 e. The molecule has 0 fully saturated rings. The molecule has 164 valence electrons. The van der Waals surface area contributed by atoms with Gasteiger partial charge in [-0.15, -0.1) is 0 Å². The molecule has 0 bridgehead atoms. The first-order valence-electron chi connectivity index (χ1n) is 10.3. The number of thiazole rings is 1. The number of anilines is 1. The number of hydrogen-bond acceptors (Lipinski definition) is 7. The van der Waals surface area contributed by atoms with E-state index in [-0.39, 0.29) is 12.0 Å². The van der Waals surface area contributed by atoms with Crippen molar-refractivity contribution in [2.45, 2.75) is 20.0 Å². The van der Waals surface area contributed by atoms with E-state index in [0.29, 0.717) is 36.2 Å². The van der Waals surface area contributed by atoms with Crippen LogP contribution in [0.4, 0.5) is 5.13 Å². The van der Waals surface area contributed by atoms with E-state index in [1.807, 2.05) is 57.1 Å². The van der Waals surface area contributed by atoms with Gasteiger partial charge in [0.2, 0.25) is 0 Å². The van der Waals surface area contributed by atoms with Gasteiger partial charge in [0.25, 0.3) is 5.91 Å². The van der Waals surface area contributed by atoms with Crippen molar-refractivity contribution in [2.24, 2.45) is 0 Å². The van der Waals surface area contributed by atoms with Crippen molar-refractivity contribution in [1.82, 2.24) is 9.88 Å². The normalized spacial score (nSPS) is 13.1. The topological polar surface area (TPSA) is 64.1 Å². The van der Waals surface area contributed by atoms with Crippen LogP contribution in [-0.4, -0.2) is 62.3 Å². The van der Waals surface area contributed by atoms with E-state index in [0.717, 1.165) is 28.3 Å². The summed E-state index contributed by atoms with van der Waals surface area (Å²) in [5.41, 5.74) is 1.40. The van der Waals surface area contributed by atoms with E-state index in [4.69, 9.17) is 19.2 Å². The van der Waals surface area contributed by atoms with Crippen molar-refractivity contribution in [1.29, 1.82) is 0 Å². The molecule has 0 N–H and O–H groups in total. The molecule has 0 radical (unpaired) electrons. The molecule has 1 aliphatic rings. The first-order chi connectivity index (χ1) is 14.9. The molecule has 2 aromatic carbocycles. The molecular weight excluding hydrogens is 414 g/mol. The summed E-state index contributed by atoms with van der Waals surface area (Å²) < 4.78 is 18.0. The van der Waals surface area contributed by atoms with E-state index in [2.05, 4.69) is 0 Å². The fourth-order valence-corrected chi connectivity index (χ4v) is 4.26. The van der Waals surface area contributed by atoms with Crippen molar-refractivity contribution in [3.63, 3.8) is 0 Å². The predicted molar refractivity (Wildman–Crippen MR) is 123 cm³/mol. The lowest BCUT2D eigenvalue weighted by Crippen LogP contribution is -2.36. The molecule has 1 aliphatic heterocycles. The zero-order valence-electron chi connectivity index (χ0n) is 18.3. The van der Waals surface area contributed by atoms with Crippen LogP contribution in [0.5, 0.6) is 17.2 Å². The van der Waals surface area contributed by atoms with Gasteiger partial charge >= 0.3 is 0 Å². The second-order valence-electron chi connectivity index (χ2n) is 7.91. The number of amides is 1. The van der Waals surface area contributed by atoms with Crippen LogP contribution in [-0.2, 0) is 0 Å². The van der Waals surface area contributed by atoms with Gasteiger partial charge in [-0.2, -0.15) is 0 Å². The highest BCUT2D eigenvalue weighted by molar-refractivity contribution is 7.22.